The molecule has 2 rings (SSSR count). The van der Waals surface area contributed by atoms with Crippen LogP contribution in [0.1, 0.15) is 31.2 Å². The summed E-state index contributed by atoms with van der Waals surface area (Å²) in [7, 11) is 0. The summed E-state index contributed by atoms with van der Waals surface area (Å²) < 4.78 is 0. The van der Waals surface area contributed by atoms with Crippen LogP contribution in [-0.4, -0.2) is 24.2 Å². The molecule has 0 spiro atoms. The predicted molar refractivity (Wildman–Crippen MR) is 69.0 cm³/mol. The number of aliphatic hydroxyl groups excluding tert-OH is 1. The number of thiophene rings is 1. The molecule has 1 aromatic rings. The fourth-order valence-electron chi connectivity index (χ4n) is 1.91. The third-order valence-corrected chi connectivity index (χ3v) is 4.22. The Bertz CT molecular complexity index is 358. The zero-order chi connectivity index (χ0) is 12.1. The molecule has 0 bridgehead atoms. The van der Waals surface area contributed by atoms with Crippen molar-refractivity contribution < 1.29 is 9.90 Å². The van der Waals surface area contributed by atoms with Crippen molar-refractivity contribution in [1.82, 2.24) is 5.32 Å². The lowest BCUT2D eigenvalue weighted by Gasteiger charge is -2.11. The smallest absolute Gasteiger partial charge is 0.220 e. The predicted octanol–water partition coefficient (Wildman–Crippen LogP) is 1.96. The molecule has 94 valence electrons. The Morgan fingerprint density at radius 1 is 1.53 bits per heavy atom. The fourth-order valence-corrected chi connectivity index (χ4v) is 2.62. The molecule has 1 saturated carbocycles. The van der Waals surface area contributed by atoms with E-state index >= 15 is 0 Å². The molecule has 1 aliphatic carbocycles. The maximum Gasteiger partial charge on any atom is 0.220 e. The van der Waals surface area contributed by atoms with E-state index < -0.39 is 0 Å². The number of nitrogens with one attached hydrogen (secondary N) is 1. The van der Waals surface area contributed by atoms with Gasteiger partial charge in [0.25, 0.3) is 0 Å². The number of carbonyl (C=O) groups is 1. The minimum Gasteiger partial charge on any atom is -0.396 e. The van der Waals surface area contributed by atoms with Gasteiger partial charge < -0.3 is 10.4 Å². The highest BCUT2D eigenvalue weighted by Crippen LogP contribution is 2.47. The largest absolute Gasteiger partial charge is 0.396 e. The van der Waals surface area contributed by atoms with Crippen molar-refractivity contribution in [2.45, 2.75) is 32.1 Å². The van der Waals surface area contributed by atoms with Crippen molar-refractivity contribution in [3.05, 3.63) is 22.4 Å². The SMILES string of the molecule is O=C(CCc1ccsc1)NCCC1(CO)CC1. The summed E-state index contributed by atoms with van der Waals surface area (Å²) in [6, 6.07) is 2.06. The van der Waals surface area contributed by atoms with Gasteiger partial charge in [0.05, 0.1) is 0 Å². The van der Waals surface area contributed by atoms with Gasteiger partial charge in [0.15, 0.2) is 0 Å². The van der Waals surface area contributed by atoms with Crippen molar-refractivity contribution in [2.75, 3.05) is 13.2 Å². The molecule has 1 aromatic heterocycles. The summed E-state index contributed by atoms with van der Waals surface area (Å²) in [6.07, 6.45) is 4.50. The maximum absolute atomic E-state index is 11.6. The van der Waals surface area contributed by atoms with Crippen LogP contribution in [0.4, 0.5) is 0 Å². The van der Waals surface area contributed by atoms with Gasteiger partial charge in [-0.15, -0.1) is 0 Å². The fraction of sp³-hybridized carbons (Fsp3) is 0.615. The van der Waals surface area contributed by atoms with E-state index in [1.54, 1.807) is 11.3 Å². The van der Waals surface area contributed by atoms with Crippen LogP contribution in [0.2, 0.25) is 0 Å². The zero-order valence-electron chi connectivity index (χ0n) is 9.95. The molecule has 2 N–H and O–H groups in total. The van der Waals surface area contributed by atoms with E-state index in [1.165, 1.54) is 5.56 Å². The summed E-state index contributed by atoms with van der Waals surface area (Å²) in [5.41, 5.74) is 1.37. The van der Waals surface area contributed by atoms with E-state index in [0.29, 0.717) is 13.0 Å². The molecule has 4 heteroatoms. The quantitative estimate of drug-likeness (QED) is 0.780. The van der Waals surface area contributed by atoms with Crippen LogP contribution in [0.25, 0.3) is 0 Å². The summed E-state index contributed by atoms with van der Waals surface area (Å²) >= 11 is 1.66. The van der Waals surface area contributed by atoms with Crippen molar-refractivity contribution in [2.24, 2.45) is 5.41 Å². The number of hydrogen-bond acceptors (Lipinski definition) is 3. The van der Waals surface area contributed by atoms with E-state index in [4.69, 9.17) is 5.11 Å². The van der Waals surface area contributed by atoms with Crippen LogP contribution in [0.15, 0.2) is 16.8 Å². The first-order valence-corrected chi connectivity index (χ1v) is 7.07. The Labute approximate surface area is 106 Å². The average molecular weight is 253 g/mol. The van der Waals surface area contributed by atoms with Gasteiger partial charge in [-0.25, -0.2) is 0 Å². The van der Waals surface area contributed by atoms with E-state index in [9.17, 15) is 4.79 Å². The van der Waals surface area contributed by atoms with Crippen LogP contribution in [0.3, 0.4) is 0 Å². The number of aryl methyl sites for hydroxylation is 1. The normalized spacial score (nSPS) is 16.8. The second-order valence-electron chi connectivity index (χ2n) is 4.89. The number of rotatable bonds is 7. The number of hydrogen-bond donors (Lipinski definition) is 2. The minimum atomic E-state index is 0.116. The molecule has 1 amide bonds. The number of aliphatic hydroxyl groups is 1. The van der Waals surface area contributed by atoms with Crippen LogP contribution in [0.5, 0.6) is 0 Å². The van der Waals surface area contributed by atoms with Gasteiger partial charge >= 0.3 is 0 Å². The first-order chi connectivity index (χ1) is 8.24. The van der Waals surface area contributed by atoms with Crippen LogP contribution in [-0.2, 0) is 11.2 Å². The zero-order valence-corrected chi connectivity index (χ0v) is 10.8. The number of amides is 1. The van der Waals surface area contributed by atoms with E-state index in [2.05, 4.69) is 16.8 Å². The van der Waals surface area contributed by atoms with Gasteiger partial charge in [0.2, 0.25) is 5.91 Å². The van der Waals surface area contributed by atoms with Gasteiger partial charge in [-0.05, 0) is 53.5 Å². The van der Waals surface area contributed by atoms with E-state index in [1.807, 2.05) is 5.38 Å². The molecule has 0 saturated heterocycles. The first kappa shape index (κ1) is 12.6. The molecule has 0 aliphatic heterocycles. The molecule has 0 aromatic carbocycles. The molecular formula is C13H19NO2S. The van der Waals surface area contributed by atoms with E-state index in [0.717, 1.165) is 25.7 Å². The summed E-state index contributed by atoms with van der Waals surface area (Å²) in [6.45, 7) is 0.959. The van der Waals surface area contributed by atoms with Gasteiger partial charge in [-0.2, -0.15) is 11.3 Å². The molecular weight excluding hydrogens is 234 g/mol. The summed E-state index contributed by atoms with van der Waals surface area (Å²) in [5.74, 6) is 0.116. The second-order valence-corrected chi connectivity index (χ2v) is 5.67. The molecule has 0 radical (unpaired) electrons. The van der Waals surface area contributed by atoms with Crippen LogP contribution in [0, 0.1) is 5.41 Å². The van der Waals surface area contributed by atoms with E-state index in [-0.39, 0.29) is 17.9 Å². The van der Waals surface area contributed by atoms with Crippen molar-refractivity contribution in [3.8, 4) is 0 Å². The van der Waals surface area contributed by atoms with Crippen molar-refractivity contribution >= 4 is 17.2 Å². The topological polar surface area (TPSA) is 49.3 Å². The van der Waals surface area contributed by atoms with Gasteiger partial charge in [0, 0.05) is 19.6 Å². The lowest BCUT2D eigenvalue weighted by Crippen LogP contribution is -2.27. The Morgan fingerprint density at radius 2 is 2.35 bits per heavy atom. The molecule has 3 nitrogen and oxygen atoms in total. The third-order valence-electron chi connectivity index (χ3n) is 3.49. The highest BCUT2D eigenvalue weighted by Gasteiger charge is 2.41. The average Bonchev–Trinajstić information content (AvgIpc) is 2.92. The first-order valence-electron chi connectivity index (χ1n) is 6.13. The van der Waals surface area contributed by atoms with Crippen molar-refractivity contribution in [3.63, 3.8) is 0 Å². The molecule has 1 fully saturated rings. The summed E-state index contributed by atoms with van der Waals surface area (Å²) in [5, 5.41) is 16.2. The Morgan fingerprint density at radius 3 is 2.94 bits per heavy atom. The second kappa shape index (κ2) is 5.65. The Kier molecular flexibility index (Phi) is 4.18. The Hall–Kier alpha value is -0.870. The molecule has 1 heterocycles. The highest BCUT2D eigenvalue weighted by molar-refractivity contribution is 7.07. The lowest BCUT2D eigenvalue weighted by molar-refractivity contribution is -0.121. The summed E-state index contributed by atoms with van der Waals surface area (Å²) in [4.78, 5) is 11.6. The number of carbonyl (C=O) groups excluding carboxylic acids is 1. The minimum absolute atomic E-state index is 0.116. The molecule has 0 unspecified atom stereocenters. The molecule has 17 heavy (non-hydrogen) atoms. The molecule has 0 atom stereocenters. The van der Waals surface area contributed by atoms with Crippen molar-refractivity contribution in [1.29, 1.82) is 0 Å². The third kappa shape index (κ3) is 3.82. The lowest BCUT2D eigenvalue weighted by atomic mass is 10.0. The maximum atomic E-state index is 11.6. The monoisotopic (exact) mass is 253 g/mol. The molecule has 1 aliphatic rings. The van der Waals surface area contributed by atoms with Crippen LogP contribution >= 0.6 is 11.3 Å². The van der Waals surface area contributed by atoms with Gasteiger partial charge in [-0.3, -0.25) is 4.79 Å². The standard InChI is InChI=1S/C13H19NO2S/c15-10-13(4-5-13)6-7-14-12(16)2-1-11-3-8-17-9-11/h3,8-9,15H,1-2,4-7,10H2,(H,14,16). The van der Waals surface area contributed by atoms with Gasteiger partial charge in [0.1, 0.15) is 0 Å². The Balaban J connectivity index is 1.58. The van der Waals surface area contributed by atoms with Gasteiger partial charge in [-0.1, -0.05) is 0 Å². The van der Waals surface area contributed by atoms with Crippen LogP contribution < -0.4 is 5.32 Å². The highest BCUT2D eigenvalue weighted by atomic mass is 32.1.